The number of rotatable bonds is 3. The van der Waals surface area contributed by atoms with Crippen LogP contribution in [0.15, 0.2) is 11.0 Å². The predicted molar refractivity (Wildman–Crippen MR) is 60.6 cm³/mol. The Labute approximate surface area is 97.0 Å². The monoisotopic (exact) mass is 235 g/mol. The van der Waals surface area contributed by atoms with Gasteiger partial charge in [-0.2, -0.15) is 5.10 Å². The summed E-state index contributed by atoms with van der Waals surface area (Å²) in [7, 11) is 1.68. The van der Waals surface area contributed by atoms with Crippen LogP contribution in [0.5, 0.6) is 0 Å². The van der Waals surface area contributed by atoms with Crippen molar-refractivity contribution in [3.05, 3.63) is 16.6 Å². The van der Waals surface area contributed by atoms with Gasteiger partial charge in [0, 0.05) is 13.5 Å². The van der Waals surface area contributed by atoms with Gasteiger partial charge in [-0.1, -0.05) is 12.1 Å². The molecule has 2 aromatic heterocycles. The maximum Gasteiger partial charge on any atom is 0.281 e. The molecule has 0 spiro atoms. The van der Waals surface area contributed by atoms with Crippen LogP contribution in [0.4, 0.5) is 0 Å². The van der Waals surface area contributed by atoms with Gasteiger partial charge < -0.3 is 0 Å². The molecule has 2 heterocycles. The summed E-state index contributed by atoms with van der Waals surface area (Å²) in [4.78, 5) is 23.6. The summed E-state index contributed by atoms with van der Waals surface area (Å²) in [6.07, 6.45) is 1.80. The molecular formula is C10H13N5O2. The first-order chi connectivity index (χ1) is 8.06. The molecule has 17 heavy (non-hydrogen) atoms. The molecular weight excluding hydrogens is 222 g/mol. The number of nitrogens with zero attached hydrogens (tertiary/aromatic N) is 5. The SMILES string of the molecule is CCC(=O)C(C)n1nnc2c(cnn2C)c1=O. The van der Waals surface area contributed by atoms with Crippen molar-refractivity contribution in [3.8, 4) is 0 Å². The van der Waals surface area contributed by atoms with E-state index in [0.29, 0.717) is 17.5 Å². The molecule has 2 aromatic rings. The van der Waals surface area contributed by atoms with E-state index in [1.54, 1.807) is 20.9 Å². The van der Waals surface area contributed by atoms with Gasteiger partial charge in [0.05, 0.1) is 6.20 Å². The Morgan fingerprint density at radius 1 is 1.53 bits per heavy atom. The Bertz CT molecular complexity index is 627. The highest BCUT2D eigenvalue weighted by Gasteiger charge is 2.18. The number of fused-ring (bicyclic) bond motifs is 1. The van der Waals surface area contributed by atoms with Crippen molar-refractivity contribution in [2.45, 2.75) is 26.3 Å². The van der Waals surface area contributed by atoms with Crippen LogP contribution < -0.4 is 5.56 Å². The number of hydrogen-bond acceptors (Lipinski definition) is 5. The second kappa shape index (κ2) is 4.08. The lowest BCUT2D eigenvalue weighted by Gasteiger charge is -2.10. The number of Topliss-reactive ketones (excluding diaryl/α,β-unsaturated/α-hetero) is 1. The van der Waals surface area contributed by atoms with E-state index in [1.807, 2.05) is 0 Å². The quantitative estimate of drug-likeness (QED) is 0.751. The number of aromatic nitrogens is 5. The van der Waals surface area contributed by atoms with Crippen LogP contribution >= 0.6 is 0 Å². The van der Waals surface area contributed by atoms with Gasteiger partial charge in [-0.3, -0.25) is 9.59 Å². The molecule has 0 aliphatic carbocycles. The standard InChI is InChI=1S/C10H13N5O2/c1-4-8(16)6(2)15-10(17)7-5-11-14(3)9(7)12-13-15/h5-6H,4H2,1-3H3. The summed E-state index contributed by atoms with van der Waals surface area (Å²) in [5, 5.41) is 12.0. The Morgan fingerprint density at radius 3 is 2.88 bits per heavy atom. The minimum absolute atomic E-state index is 0.0513. The topological polar surface area (TPSA) is 82.7 Å². The first kappa shape index (κ1) is 11.4. The first-order valence-corrected chi connectivity index (χ1v) is 5.36. The van der Waals surface area contributed by atoms with Crippen molar-refractivity contribution >= 4 is 16.8 Å². The fourth-order valence-corrected chi connectivity index (χ4v) is 1.64. The average Bonchev–Trinajstić information content (AvgIpc) is 2.71. The summed E-state index contributed by atoms with van der Waals surface area (Å²) in [5.41, 5.74) is 0.0831. The van der Waals surface area contributed by atoms with Crippen LogP contribution in [-0.4, -0.2) is 30.6 Å². The van der Waals surface area contributed by atoms with Crippen molar-refractivity contribution in [1.29, 1.82) is 0 Å². The molecule has 0 aliphatic rings. The summed E-state index contributed by atoms with van der Waals surface area (Å²) in [5.74, 6) is -0.0513. The van der Waals surface area contributed by atoms with Gasteiger partial charge in [-0.15, -0.1) is 5.10 Å². The van der Waals surface area contributed by atoms with Crippen LogP contribution in [-0.2, 0) is 11.8 Å². The largest absolute Gasteiger partial charge is 0.297 e. The van der Waals surface area contributed by atoms with Crippen molar-refractivity contribution in [2.75, 3.05) is 0 Å². The van der Waals surface area contributed by atoms with E-state index in [2.05, 4.69) is 15.4 Å². The molecule has 90 valence electrons. The average molecular weight is 235 g/mol. The van der Waals surface area contributed by atoms with Crippen LogP contribution in [0.2, 0.25) is 0 Å². The molecule has 0 saturated heterocycles. The van der Waals surface area contributed by atoms with Gasteiger partial charge in [0.15, 0.2) is 11.4 Å². The maximum atomic E-state index is 12.1. The second-order valence-corrected chi connectivity index (χ2v) is 3.84. The molecule has 0 bridgehead atoms. The lowest BCUT2D eigenvalue weighted by Crippen LogP contribution is -2.31. The van der Waals surface area contributed by atoms with Gasteiger partial charge in [0.1, 0.15) is 11.4 Å². The smallest absolute Gasteiger partial charge is 0.281 e. The summed E-state index contributed by atoms with van der Waals surface area (Å²) in [6.45, 7) is 3.39. The molecule has 1 atom stereocenters. The first-order valence-electron chi connectivity index (χ1n) is 5.36. The minimum Gasteiger partial charge on any atom is -0.297 e. The van der Waals surface area contributed by atoms with Gasteiger partial charge in [0.25, 0.3) is 5.56 Å². The van der Waals surface area contributed by atoms with Gasteiger partial charge in [0.2, 0.25) is 0 Å². The number of carbonyl (C=O) groups is 1. The molecule has 0 aliphatic heterocycles. The van der Waals surface area contributed by atoms with E-state index in [9.17, 15) is 9.59 Å². The molecule has 7 nitrogen and oxygen atoms in total. The van der Waals surface area contributed by atoms with Crippen molar-refractivity contribution in [1.82, 2.24) is 24.8 Å². The molecule has 0 aromatic carbocycles. The van der Waals surface area contributed by atoms with Crippen LogP contribution in [0.1, 0.15) is 26.3 Å². The molecule has 0 saturated carbocycles. The van der Waals surface area contributed by atoms with Crippen LogP contribution in [0, 0.1) is 0 Å². The Hall–Kier alpha value is -2.05. The predicted octanol–water partition coefficient (Wildman–Crippen LogP) is 0.0651. The second-order valence-electron chi connectivity index (χ2n) is 3.84. The lowest BCUT2D eigenvalue weighted by atomic mass is 10.2. The van der Waals surface area contributed by atoms with Crippen molar-refractivity contribution < 1.29 is 4.79 Å². The highest BCUT2D eigenvalue weighted by molar-refractivity contribution is 5.82. The van der Waals surface area contributed by atoms with Gasteiger partial charge >= 0.3 is 0 Å². The van der Waals surface area contributed by atoms with E-state index in [0.717, 1.165) is 4.68 Å². The Kier molecular flexibility index (Phi) is 2.74. The highest BCUT2D eigenvalue weighted by Crippen LogP contribution is 2.07. The van der Waals surface area contributed by atoms with E-state index >= 15 is 0 Å². The number of aryl methyl sites for hydroxylation is 1. The van der Waals surface area contributed by atoms with E-state index in [4.69, 9.17) is 0 Å². The molecule has 0 radical (unpaired) electrons. The van der Waals surface area contributed by atoms with Gasteiger partial charge in [-0.05, 0) is 6.92 Å². The summed E-state index contributed by atoms with van der Waals surface area (Å²) in [6, 6.07) is -0.593. The van der Waals surface area contributed by atoms with Crippen LogP contribution in [0.3, 0.4) is 0 Å². The number of ketones is 1. The molecule has 1 unspecified atom stereocenters. The molecule has 0 amide bonds. The fraction of sp³-hybridized carbons (Fsp3) is 0.500. The Balaban J connectivity index is 2.61. The Morgan fingerprint density at radius 2 is 2.24 bits per heavy atom. The molecule has 7 heteroatoms. The van der Waals surface area contributed by atoms with E-state index in [-0.39, 0.29) is 11.3 Å². The number of hydrogen-bond donors (Lipinski definition) is 0. The third-order valence-electron chi connectivity index (χ3n) is 2.76. The highest BCUT2D eigenvalue weighted by atomic mass is 16.1. The fourth-order valence-electron chi connectivity index (χ4n) is 1.64. The normalized spacial score (nSPS) is 12.9. The molecule has 0 N–H and O–H groups in total. The molecule has 0 fully saturated rings. The minimum atomic E-state index is -0.593. The third kappa shape index (κ3) is 1.73. The third-order valence-corrected chi connectivity index (χ3v) is 2.76. The van der Waals surface area contributed by atoms with Crippen molar-refractivity contribution in [3.63, 3.8) is 0 Å². The van der Waals surface area contributed by atoms with Crippen molar-refractivity contribution in [2.24, 2.45) is 7.05 Å². The molecule has 2 rings (SSSR count). The zero-order valence-corrected chi connectivity index (χ0v) is 9.91. The maximum absolute atomic E-state index is 12.1. The van der Waals surface area contributed by atoms with E-state index < -0.39 is 6.04 Å². The lowest BCUT2D eigenvalue weighted by molar-refractivity contribution is -0.121. The van der Waals surface area contributed by atoms with Crippen LogP contribution in [0.25, 0.3) is 11.0 Å². The zero-order valence-electron chi connectivity index (χ0n) is 9.91. The van der Waals surface area contributed by atoms with E-state index in [1.165, 1.54) is 10.9 Å². The van der Waals surface area contributed by atoms with Gasteiger partial charge in [-0.25, -0.2) is 9.36 Å². The zero-order chi connectivity index (χ0) is 12.6. The summed E-state index contributed by atoms with van der Waals surface area (Å²) < 4.78 is 2.58. The summed E-state index contributed by atoms with van der Waals surface area (Å²) >= 11 is 0. The number of carbonyl (C=O) groups excluding carboxylic acids is 1.